The minimum Gasteiger partial charge on any atom is -0.201 e. The summed E-state index contributed by atoms with van der Waals surface area (Å²) >= 11 is 0. The highest BCUT2D eigenvalue weighted by Crippen LogP contribution is 2.08. The minimum absolute atomic E-state index is 0.191. The van der Waals surface area contributed by atoms with Crippen molar-refractivity contribution in [1.82, 2.24) is 0 Å². The van der Waals surface area contributed by atoms with Crippen molar-refractivity contribution >= 4 is 0 Å². The highest BCUT2D eigenvalue weighted by Gasteiger charge is 2.20. The van der Waals surface area contributed by atoms with Gasteiger partial charge in [0.15, 0.2) is 17.9 Å². The van der Waals surface area contributed by atoms with Crippen LogP contribution in [0.3, 0.4) is 0 Å². The molecule has 0 aliphatic rings. The third kappa shape index (κ3) is 3.13. The molecule has 0 fully saturated rings. The van der Waals surface area contributed by atoms with Gasteiger partial charge in [-0.2, -0.15) is 0 Å². The Bertz CT molecular complexity index is 277. The van der Waals surface area contributed by atoms with Crippen molar-refractivity contribution in [3.63, 3.8) is 0 Å². The van der Waals surface area contributed by atoms with Crippen LogP contribution < -0.4 is 4.57 Å². The fourth-order valence-electron chi connectivity index (χ4n) is 1.51. The smallest absolute Gasteiger partial charge is 0.169 e. The van der Waals surface area contributed by atoms with E-state index >= 15 is 0 Å². The summed E-state index contributed by atoms with van der Waals surface area (Å²) in [4.78, 5) is 0. The first-order valence-corrected chi connectivity index (χ1v) is 5.40. The first-order chi connectivity index (χ1) is 6.39. The SMILES string of the molecule is CC(C)Cc1cc[n+](C(C)(C)C)cc1. The Kier molecular flexibility index (Phi) is 3.30. The second kappa shape index (κ2) is 4.12. The van der Waals surface area contributed by atoms with Crippen LogP contribution in [0, 0.1) is 5.92 Å². The van der Waals surface area contributed by atoms with Crippen LogP contribution in [-0.2, 0) is 12.0 Å². The molecule has 0 N–H and O–H groups in total. The maximum absolute atomic E-state index is 2.25. The topological polar surface area (TPSA) is 3.88 Å². The van der Waals surface area contributed by atoms with Crippen LogP contribution in [0.15, 0.2) is 24.5 Å². The molecule has 0 atom stereocenters. The van der Waals surface area contributed by atoms with Gasteiger partial charge >= 0.3 is 0 Å². The summed E-state index contributed by atoms with van der Waals surface area (Å²) in [5.41, 5.74) is 1.62. The summed E-state index contributed by atoms with van der Waals surface area (Å²) in [6.45, 7) is 11.2. The maximum Gasteiger partial charge on any atom is 0.169 e. The Balaban J connectivity index is 2.79. The average molecular weight is 192 g/mol. The van der Waals surface area contributed by atoms with E-state index in [1.807, 2.05) is 0 Å². The summed E-state index contributed by atoms with van der Waals surface area (Å²) in [5.74, 6) is 0.737. The zero-order valence-corrected chi connectivity index (χ0v) is 10.0. The van der Waals surface area contributed by atoms with Gasteiger partial charge in [0.2, 0.25) is 0 Å². The van der Waals surface area contributed by atoms with E-state index in [1.165, 1.54) is 12.0 Å². The van der Waals surface area contributed by atoms with E-state index in [2.05, 4.69) is 63.7 Å². The number of pyridine rings is 1. The maximum atomic E-state index is 2.25. The largest absolute Gasteiger partial charge is 0.201 e. The highest BCUT2D eigenvalue weighted by atomic mass is 15.0. The van der Waals surface area contributed by atoms with E-state index < -0.39 is 0 Å². The molecule has 0 saturated heterocycles. The van der Waals surface area contributed by atoms with Crippen LogP contribution >= 0.6 is 0 Å². The normalized spacial score (nSPS) is 12.1. The van der Waals surface area contributed by atoms with E-state index in [4.69, 9.17) is 0 Å². The van der Waals surface area contributed by atoms with Gasteiger partial charge in [-0.3, -0.25) is 0 Å². The predicted molar refractivity (Wildman–Crippen MR) is 60.2 cm³/mol. The van der Waals surface area contributed by atoms with Crippen molar-refractivity contribution < 1.29 is 4.57 Å². The van der Waals surface area contributed by atoms with E-state index in [-0.39, 0.29) is 5.54 Å². The van der Waals surface area contributed by atoms with E-state index in [1.54, 1.807) is 0 Å². The summed E-state index contributed by atoms with van der Waals surface area (Å²) in [6, 6.07) is 4.45. The van der Waals surface area contributed by atoms with Gasteiger partial charge in [0.25, 0.3) is 0 Å². The van der Waals surface area contributed by atoms with Crippen LogP contribution in [0.25, 0.3) is 0 Å². The first-order valence-electron chi connectivity index (χ1n) is 5.40. The van der Waals surface area contributed by atoms with Crippen molar-refractivity contribution in [3.8, 4) is 0 Å². The lowest BCUT2D eigenvalue weighted by Gasteiger charge is -2.13. The summed E-state index contributed by atoms with van der Waals surface area (Å²) in [7, 11) is 0. The van der Waals surface area contributed by atoms with Crippen molar-refractivity contribution in [2.75, 3.05) is 0 Å². The van der Waals surface area contributed by atoms with Gasteiger partial charge in [-0.15, -0.1) is 0 Å². The number of hydrogen-bond acceptors (Lipinski definition) is 0. The molecule has 14 heavy (non-hydrogen) atoms. The molecule has 1 rings (SSSR count). The summed E-state index contributed by atoms with van der Waals surface area (Å²) in [5, 5.41) is 0. The molecule has 0 saturated carbocycles. The zero-order valence-electron chi connectivity index (χ0n) is 10.0. The quantitative estimate of drug-likeness (QED) is 0.634. The molecule has 1 heterocycles. The number of aromatic nitrogens is 1. The molecular formula is C13H22N+. The van der Waals surface area contributed by atoms with Crippen LogP contribution in [-0.4, -0.2) is 0 Å². The van der Waals surface area contributed by atoms with Crippen LogP contribution in [0.4, 0.5) is 0 Å². The second-order valence-electron chi connectivity index (χ2n) is 5.38. The second-order valence-corrected chi connectivity index (χ2v) is 5.38. The van der Waals surface area contributed by atoms with Crippen molar-refractivity contribution in [2.24, 2.45) is 5.92 Å². The molecule has 0 aliphatic heterocycles. The van der Waals surface area contributed by atoms with Gasteiger partial charge in [0, 0.05) is 32.9 Å². The van der Waals surface area contributed by atoms with E-state index in [0.29, 0.717) is 0 Å². The first kappa shape index (κ1) is 11.2. The lowest BCUT2D eigenvalue weighted by Crippen LogP contribution is -2.49. The van der Waals surface area contributed by atoms with Gasteiger partial charge < -0.3 is 0 Å². The Morgan fingerprint density at radius 1 is 1.14 bits per heavy atom. The molecule has 1 heteroatoms. The van der Waals surface area contributed by atoms with Crippen molar-refractivity contribution in [2.45, 2.75) is 46.6 Å². The van der Waals surface area contributed by atoms with Crippen molar-refractivity contribution in [1.29, 1.82) is 0 Å². The Labute approximate surface area is 87.8 Å². The van der Waals surface area contributed by atoms with Gasteiger partial charge in [0.1, 0.15) is 0 Å². The number of rotatable bonds is 2. The molecule has 0 aliphatic carbocycles. The molecule has 78 valence electrons. The molecule has 0 bridgehead atoms. The van der Waals surface area contributed by atoms with Crippen LogP contribution in [0.2, 0.25) is 0 Å². The number of hydrogen-bond donors (Lipinski definition) is 0. The molecule has 1 nitrogen and oxygen atoms in total. The Morgan fingerprint density at radius 3 is 2.00 bits per heavy atom. The Morgan fingerprint density at radius 2 is 1.64 bits per heavy atom. The Hall–Kier alpha value is -0.850. The monoisotopic (exact) mass is 192 g/mol. The fraction of sp³-hybridized carbons (Fsp3) is 0.615. The van der Waals surface area contributed by atoms with Crippen LogP contribution in [0.1, 0.15) is 40.2 Å². The lowest BCUT2D eigenvalue weighted by molar-refractivity contribution is -0.754. The molecular weight excluding hydrogens is 170 g/mol. The van der Waals surface area contributed by atoms with E-state index in [0.717, 1.165) is 5.92 Å². The minimum atomic E-state index is 0.191. The van der Waals surface area contributed by atoms with Gasteiger partial charge in [0.05, 0.1) is 0 Å². The lowest BCUT2D eigenvalue weighted by atomic mass is 10.0. The molecule has 0 amide bonds. The van der Waals surface area contributed by atoms with Gasteiger partial charge in [-0.1, -0.05) is 13.8 Å². The summed E-state index contributed by atoms with van der Waals surface area (Å²) in [6.07, 6.45) is 5.53. The average Bonchev–Trinajstić information content (AvgIpc) is 2.02. The number of nitrogens with zero attached hydrogens (tertiary/aromatic N) is 1. The van der Waals surface area contributed by atoms with E-state index in [9.17, 15) is 0 Å². The third-order valence-electron chi connectivity index (χ3n) is 2.32. The van der Waals surface area contributed by atoms with Gasteiger partial charge in [-0.05, 0) is 17.9 Å². The predicted octanol–water partition coefficient (Wildman–Crippen LogP) is 2.93. The molecule has 0 spiro atoms. The zero-order chi connectivity index (χ0) is 10.8. The molecule has 0 aromatic carbocycles. The molecule has 1 aromatic rings. The molecule has 0 radical (unpaired) electrons. The third-order valence-corrected chi connectivity index (χ3v) is 2.32. The van der Waals surface area contributed by atoms with Crippen LogP contribution in [0.5, 0.6) is 0 Å². The molecule has 1 aromatic heterocycles. The fourth-order valence-corrected chi connectivity index (χ4v) is 1.51. The molecule has 0 unspecified atom stereocenters. The summed E-state index contributed by atoms with van der Waals surface area (Å²) < 4.78 is 2.25. The standard InChI is InChI=1S/C13H22N/c1-11(2)10-12-6-8-14(9-7-12)13(3,4)5/h6-9,11H,10H2,1-5H3/q+1. The van der Waals surface area contributed by atoms with Crippen molar-refractivity contribution in [3.05, 3.63) is 30.1 Å². The highest BCUT2D eigenvalue weighted by molar-refractivity contribution is 5.07. The van der Waals surface area contributed by atoms with Gasteiger partial charge in [-0.25, -0.2) is 4.57 Å².